The van der Waals surface area contributed by atoms with E-state index >= 15 is 4.39 Å². The summed E-state index contributed by atoms with van der Waals surface area (Å²) in [7, 11) is 0. The fraction of sp³-hybridized carbons (Fsp3) is 0.391. The van der Waals surface area contributed by atoms with Crippen LogP contribution in [0.3, 0.4) is 0 Å². The van der Waals surface area contributed by atoms with Crippen LogP contribution < -0.4 is 4.74 Å². The second-order valence-corrected chi connectivity index (χ2v) is 8.05. The van der Waals surface area contributed by atoms with Gasteiger partial charge in [0.05, 0.1) is 11.5 Å². The van der Waals surface area contributed by atoms with Crippen LogP contribution in [0, 0.1) is 23.5 Å². The number of carbonyl (C=O) groups is 2. The molecule has 1 aliphatic heterocycles. The lowest BCUT2D eigenvalue weighted by atomic mass is 9.82. The molecule has 2 aromatic carbocycles. The molecule has 2 aromatic rings. The number of carbonyl (C=O) groups excluding carboxylic acids is 1. The second-order valence-electron chi connectivity index (χ2n) is 8.05. The molecule has 0 radical (unpaired) electrons. The lowest BCUT2D eigenvalue weighted by Gasteiger charge is -2.29. The Bertz CT molecular complexity index is 955. The fourth-order valence-corrected chi connectivity index (χ4v) is 4.35. The molecule has 1 fully saturated rings. The van der Waals surface area contributed by atoms with E-state index in [4.69, 9.17) is 9.84 Å². The Hall–Kier alpha value is -2.96. The van der Waals surface area contributed by atoms with Crippen molar-refractivity contribution in [1.82, 2.24) is 4.90 Å². The summed E-state index contributed by atoms with van der Waals surface area (Å²) < 4.78 is 34.9. The molecule has 1 aliphatic carbocycles. The van der Waals surface area contributed by atoms with E-state index in [0.29, 0.717) is 37.8 Å². The summed E-state index contributed by atoms with van der Waals surface area (Å²) in [5, 5.41) is 9.11. The molecule has 0 unspecified atom stereocenters. The summed E-state index contributed by atoms with van der Waals surface area (Å²) in [4.78, 5) is 25.4. The van der Waals surface area contributed by atoms with Crippen LogP contribution in [0.15, 0.2) is 36.4 Å². The van der Waals surface area contributed by atoms with Gasteiger partial charge < -0.3 is 14.7 Å². The number of ether oxygens (including phenoxy) is 1. The number of rotatable bonds is 6. The molecule has 1 saturated carbocycles. The quantitative estimate of drug-likeness (QED) is 0.760. The maximum Gasteiger partial charge on any atom is 0.306 e. The molecule has 0 bridgehead atoms. The van der Waals surface area contributed by atoms with Crippen LogP contribution in [-0.4, -0.2) is 28.4 Å². The second kappa shape index (κ2) is 8.42. The van der Waals surface area contributed by atoms with E-state index in [1.54, 1.807) is 24.3 Å². The highest BCUT2D eigenvalue weighted by Gasteiger charge is 2.36. The minimum atomic E-state index is -0.956. The zero-order chi connectivity index (χ0) is 21.3. The smallest absolute Gasteiger partial charge is 0.306 e. The maximum atomic E-state index is 15.0. The Kier molecular flexibility index (Phi) is 5.70. The molecule has 0 spiro atoms. The van der Waals surface area contributed by atoms with Gasteiger partial charge in [-0.15, -0.1) is 0 Å². The minimum Gasteiger partial charge on any atom is -0.483 e. The molecule has 0 aromatic heterocycles. The first-order chi connectivity index (χ1) is 14.4. The van der Waals surface area contributed by atoms with Crippen molar-refractivity contribution in [1.29, 1.82) is 0 Å². The van der Waals surface area contributed by atoms with Crippen molar-refractivity contribution in [3.8, 4) is 5.75 Å². The van der Waals surface area contributed by atoms with Crippen molar-refractivity contribution in [2.75, 3.05) is 6.54 Å². The van der Waals surface area contributed by atoms with E-state index in [2.05, 4.69) is 0 Å². The van der Waals surface area contributed by atoms with Crippen LogP contribution in [-0.2, 0) is 17.9 Å². The molecule has 4 rings (SSSR count). The summed E-state index contributed by atoms with van der Waals surface area (Å²) in [5.41, 5.74) is 0.960. The van der Waals surface area contributed by atoms with Crippen molar-refractivity contribution in [3.05, 3.63) is 64.7 Å². The van der Waals surface area contributed by atoms with Gasteiger partial charge in [-0.25, -0.2) is 8.78 Å². The Morgan fingerprint density at radius 1 is 1.13 bits per heavy atom. The van der Waals surface area contributed by atoms with Gasteiger partial charge in [-0.3, -0.25) is 9.59 Å². The SMILES string of the molecule is O=C1c2c(cc(F)c(OCc3ccccc3)c2F)CN1C[C@H]1CC[C@H](C(=O)O)CC1. The van der Waals surface area contributed by atoms with Crippen molar-refractivity contribution >= 4 is 11.9 Å². The van der Waals surface area contributed by atoms with Crippen LogP contribution in [0.5, 0.6) is 5.75 Å². The Morgan fingerprint density at radius 3 is 2.50 bits per heavy atom. The van der Waals surface area contributed by atoms with Gasteiger partial charge in [0.2, 0.25) is 0 Å². The Labute approximate surface area is 173 Å². The number of amides is 1. The van der Waals surface area contributed by atoms with E-state index in [0.717, 1.165) is 5.56 Å². The van der Waals surface area contributed by atoms with E-state index in [1.165, 1.54) is 11.0 Å². The normalized spacial score (nSPS) is 20.9. The summed E-state index contributed by atoms with van der Waals surface area (Å²) in [5.74, 6) is -3.72. The van der Waals surface area contributed by atoms with E-state index < -0.39 is 29.3 Å². The van der Waals surface area contributed by atoms with Crippen molar-refractivity contribution < 1.29 is 28.2 Å². The van der Waals surface area contributed by atoms with E-state index in [-0.39, 0.29) is 30.6 Å². The van der Waals surface area contributed by atoms with Gasteiger partial charge in [-0.2, -0.15) is 0 Å². The molecule has 0 saturated heterocycles. The Morgan fingerprint density at radius 2 is 1.83 bits per heavy atom. The van der Waals surface area contributed by atoms with Crippen molar-refractivity contribution in [3.63, 3.8) is 0 Å². The third-order valence-corrected chi connectivity index (χ3v) is 6.02. The molecular weight excluding hydrogens is 392 g/mol. The summed E-state index contributed by atoms with van der Waals surface area (Å²) in [6, 6.07) is 10.2. The first kappa shape index (κ1) is 20.3. The third-order valence-electron chi connectivity index (χ3n) is 6.02. The summed E-state index contributed by atoms with van der Waals surface area (Å²) in [6.07, 6.45) is 2.57. The van der Waals surface area contributed by atoms with Crippen LogP contribution in [0.25, 0.3) is 0 Å². The first-order valence-electron chi connectivity index (χ1n) is 10.1. The molecule has 1 heterocycles. The molecule has 7 heteroatoms. The predicted molar refractivity (Wildman–Crippen MR) is 105 cm³/mol. The van der Waals surface area contributed by atoms with Gasteiger partial charge in [0.15, 0.2) is 17.4 Å². The molecule has 2 aliphatic rings. The molecule has 1 N–H and O–H groups in total. The largest absolute Gasteiger partial charge is 0.483 e. The van der Waals surface area contributed by atoms with Gasteiger partial charge in [0, 0.05) is 13.1 Å². The topological polar surface area (TPSA) is 66.8 Å². The Balaban J connectivity index is 1.45. The summed E-state index contributed by atoms with van der Waals surface area (Å²) >= 11 is 0. The first-order valence-corrected chi connectivity index (χ1v) is 10.1. The van der Waals surface area contributed by atoms with Crippen LogP contribution >= 0.6 is 0 Å². The molecule has 0 atom stereocenters. The lowest BCUT2D eigenvalue weighted by molar-refractivity contribution is -0.143. The summed E-state index contributed by atoms with van der Waals surface area (Å²) in [6.45, 7) is 0.569. The number of carboxylic acids is 1. The number of aliphatic carboxylic acids is 1. The number of hydrogen-bond donors (Lipinski definition) is 1. The van der Waals surface area contributed by atoms with Crippen LogP contribution in [0.4, 0.5) is 8.78 Å². The monoisotopic (exact) mass is 415 g/mol. The molecule has 5 nitrogen and oxygen atoms in total. The molecule has 30 heavy (non-hydrogen) atoms. The van der Waals surface area contributed by atoms with E-state index in [1.807, 2.05) is 6.07 Å². The van der Waals surface area contributed by atoms with Gasteiger partial charge >= 0.3 is 5.97 Å². The molecular formula is C23H23F2NO4. The zero-order valence-electron chi connectivity index (χ0n) is 16.4. The fourth-order valence-electron chi connectivity index (χ4n) is 4.35. The number of fused-ring (bicyclic) bond motifs is 1. The average Bonchev–Trinajstić information content (AvgIpc) is 3.04. The standard InChI is InChI=1S/C23H23F2NO4/c24-18-10-17-12-26(11-14-6-8-16(9-7-14)23(28)29)22(27)19(17)20(25)21(18)30-13-15-4-2-1-3-5-15/h1-5,10,14,16H,6-9,11-13H2,(H,28,29)/t14-,16-. The number of nitrogens with zero attached hydrogens (tertiary/aromatic N) is 1. The van der Waals surface area contributed by atoms with Gasteiger partial charge in [-0.05, 0) is 48.8 Å². The highest BCUT2D eigenvalue weighted by Crippen LogP contribution is 2.36. The molecule has 158 valence electrons. The highest BCUT2D eigenvalue weighted by molar-refractivity contribution is 5.99. The number of benzene rings is 2. The van der Waals surface area contributed by atoms with Gasteiger partial charge in [0.25, 0.3) is 5.91 Å². The number of hydrogen-bond acceptors (Lipinski definition) is 3. The molecule has 1 amide bonds. The van der Waals surface area contributed by atoms with Crippen molar-refractivity contribution in [2.24, 2.45) is 11.8 Å². The zero-order valence-corrected chi connectivity index (χ0v) is 16.4. The minimum absolute atomic E-state index is 0.00180. The maximum absolute atomic E-state index is 15.0. The predicted octanol–water partition coefficient (Wildman–Crippen LogP) is 4.39. The number of carboxylic acid groups (broad SMARTS) is 1. The van der Waals surface area contributed by atoms with Gasteiger partial charge in [-0.1, -0.05) is 30.3 Å². The average molecular weight is 415 g/mol. The number of halogens is 2. The van der Waals surface area contributed by atoms with Crippen LogP contribution in [0.1, 0.15) is 47.2 Å². The highest BCUT2D eigenvalue weighted by atomic mass is 19.1. The van der Waals surface area contributed by atoms with E-state index in [9.17, 15) is 14.0 Å². The lowest BCUT2D eigenvalue weighted by Crippen LogP contribution is -2.33. The van der Waals surface area contributed by atoms with Crippen LogP contribution in [0.2, 0.25) is 0 Å². The van der Waals surface area contributed by atoms with Gasteiger partial charge in [0.1, 0.15) is 6.61 Å². The van der Waals surface area contributed by atoms with Crippen molar-refractivity contribution in [2.45, 2.75) is 38.8 Å². The third kappa shape index (κ3) is 4.01.